The minimum absolute atomic E-state index is 0.0701. The molecular formula is C19H14Cl2N2O3S. The number of carboxylic acid groups (broad SMARTS) is 1. The Bertz CT molecular complexity index is 968. The standard InChI is InChI=1S/C19H14Cl2N2O3S/c1-2-23-17(24)16(10-12-13(20)7-5-8-14(12)21)27-19(23)22-15-9-4-3-6-11(15)18(25)26/h3-10H,2H2,1H3,(H,25,26)/b16-10-,22-19?. The molecule has 1 saturated heterocycles. The molecule has 0 atom stereocenters. The minimum Gasteiger partial charge on any atom is -0.478 e. The van der Waals surface area contributed by atoms with E-state index >= 15 is 0 Å². The Labute approximate surface area is 170 Å². The fourth-order valence-electron chi connectivity index (χ4n) is 2.50. The number of hydrogen-bond donors (Lipinski definition) is 1. The molecular weight excluding hydrogens is 407 g/mol. The van der Waals surface area contributed by atoms with Crippen LogP contribution in [0, 0.1) is 0 Å². The summed E-state index contributed by atoms with van der Waals surface area (Å²) in [6, 6.07) is 11.5. The molecule has 1 N–H and O–H groups in total. The van der Waals surface area contributed by atoms with E-state index in [1.54, 1.807) is 42.5 Å². The van der Waals surface area contributed by atoms with E-state index in [0.29, 0.717) is 32.2 Å². The maximum Gasteiger partial charge on any atom is 0.337 e. The normalized spacial score (nSPS) is 17.1. The van der Waals surface area contributed by atoms with Gasteiger partial charge in [-0.15, -0.1) is 0 Å². The van der Waals surface area contributed by atoms with Crippen LogP contribution in [0.2, 0.25) is 10.0 Å². The van der Waals surface area contributed by atoms with Crippen molar-refractivity contribution >= 4 is 63.8 Å². The number of hydrogen-bond acceptors (Lipinski definition) is 4. The number of amidine groups is 1. The van der Waals surface area contributed by atoms with E-state index in [2.05, 4.69) is 4.99 Å². The predicted octanol–water partition coefficient (Wildman–Crippen LogP) is 5.32. The number of carbonyl (C=O) groups is 2. The van der Waals surface area contributed by atoms with Crippen LogP contribution < -0.4 is 0 Å². The molecule has 2 aromatic carbocycles. The SMILES string of the molecule is CCN1C(=O)/C(=C/c2c(Cl)cccc2Cl)SC1=Nc1ccccc1C(=O)O. The van der Waals surface area contributed by atoms with Crippen LogP contribution >= 0.6 is 35.0 Å². The van der Waals surface area contributed by atoms with Gasteiger partial charge >= 0.3 is 5.97 Å². The zero-order chi connectivity index (χ0) is 19.6. The van der Waals surface area contributed by atoms with Crippen LogP contribution in [0.25, 0.3) is 6.08 Å². The molecule has 8 heteroatoms. The third-order valence-corrected chi connectivity index (χ3v) is 5.50. The van der Waals surface area contributed by atoms with Crippen LogP contribution in [0.5, 0.6) is 0 Å². The summed E-state index contributed by atoms with van der Waals surface area (Å²) in [4.78, 5) is 30.4. The molecule has 27 heavy (non-hydrogen) atoms. The topological polar surface area (TPSA) is 70.0 Å². The smallest absolute Gasteiger partial charge is 0.337 e. The number of halogens is 2. The Morgan fingerprint density at radius 3 is 2.48 bits per heavy atom. The molecule has 1 aliphatic heterocycles. The van der Waals surface area contributed by atoms with Crippen molar-refractivity contribution in [3.8, 4) is 0 Å². The Kier molecular flexibility index (Phi) is 5.89. The van der Waals surface area contributed by atoms with E-state index < -0.39 is 5.97 Å². The molecule has 1 fully saturated rings. The summed E-state index contributed by atoms with van der Waals surface area (Å²) in [6.07, 6.45) is 1.63. The van der Waals surface area contributed by atoms with Crippen molar-refractivity contribution in [3.63, 3.8) is 0 Å². The number of amides is 1. The third kappa shape index (κ3) is 4.03. The summed E-state index contributed by atoms with van der Waals surface area (Å²) in [6.45, 7) is 2.22. The fourth-order valence-corrected chi connectivity index (χ4v) is 4.05. The van der Waals surface area contributed by atoms with Gasteiger partial charge in [0, 0.05) is 22.2 Å². The maximum absolute atomic E-state index is 12.7. The lowest BCUT2D eigenvalue weighted by Gasteiger charge is -2.12. The van der Waals surface area contributed by atoms with Crippen molar-refractivity contribution < 1.29 is 14.7 Å². The lowest BCUT2D eigenvalue weighted by Crippen LogP contribution is -2.28. The summed E-state index contributed by atoms with van der Waals surface area (Å²) < 4.78 is 0. The van der Waals surface area contributed by atoms with E-state index in [4.69, 9.17) is 23.2 Å². The highest BCUT2D eigenvalue weighted by atomic mass is 35.5. The molecule has 0 saturated carbocycles. The van der Waals surface area contributed by atoms with E-state index in [9.17, 15) is 14.7 Å². The van der Waals surface area contributed by atoms with Crippen molar-refractivity contribution in [2.45, 2.75) is 6.92 Å². The number of aromatic carboxylic acids is 1. The Balaban J connectivity index is 2.04. The first-order valence-corrected chi connectivity index (χ1v) is 9.56. The molecule has 0 spiro atoms. The van der Waals surface area contributed by atoms with Crippen molar-refractivity contribution in [1.82, 2.24) is 4.90 Å². The fraction of sp³-hybridized carbons (Fsp3) is 0.105. The van der Waals surface area contributed by atoms with Crippen LogP contribution in [0.15, 0.2) is 52.4 Å². The minimum atomic E-state index is -1.08. The van der Waals surface area contributed by atoms with Crippen LogP contribution in [-0.2, 0) is 4.79 Å². The van der Waals surface area contributed by atoms with E-state index in [0.717, 1.165) is 11.8 Å². The van der Waals surface area contributed by atoms with Gasteiger partial charge in [0.2, 0.25) is 0 Å². The molecule has 0 unspecified atom stereocenters. The van der Waals surface area contributed by atoms with Gasteiger partial charge in [0.05, 0.1) is 16.2 Å². The lowest BCUT2D eigenvalue weighted by atomic mass is 10.2. The first-order chi connectivity index (χ1) is 12.9. The van der Waals surface area contributed by atoms with Gasteiger partial charge in [-0.05, 0) is 49.0 Å². The van der Waals surface area contributed by atoms with Crippen molar-refractivity contribution in [2.75, 3.05) is 6.54 Å². The van der Waals surface area contributed by atoms with Crippen LogP contribution in [0.1, 0.15) is 22.8 Å². The summed E-state index contributed by atoms with van der Waals surface area (Å²) >= 11 is 13.5. The zero-order valence-corrected chi connectivity index (χ0v) is 16.5. The molecule has 138 valence electrons. The number of likely N-dealkylation sites (N-methyl/N-ethyl adjacent to an activating group) is 1. The number of rotatable bonds is 4. The molecule has 1 heterocycles. The Hall–Kier alpha value is -2.28. The van der Waals surface area contributed by atoms with Gasteiger partial charge in [0.15, 0.2) is 5.17 Å². The van der Waals surface area contributed by atoms with Gasteiger partial charge in [0.25, 0.3) is 5.91 Å². The molecule has 3 rings (SSSR count). The molecule has 0 aromatic heterocycles. The average Bonchev–Trinajstić information content (AvgIpc) is 2.93. The van der Waals surface area contributed by atoms with Gasteiger partial charge in [-0.1, -0.05) is 41.4 Å². The Morgan fingerprint density at radius 2 is 1.85 bits per heavy atom. The van der Waals surface area contributed by atoms with Crippen molar-refractivity contribution in [3.05, 3.63) is 68.5 Å². The summed E-state index contributed by atoms with van der Waals surface area (Å²) in [5.74, 6) is -1.31. The number of carboxylic acids is 1. The summed E-state index contributed by atoms with van der Waals surface area (Å²) in [7, 11) is 0. The van der Waals surface area contributed by atoms with Crippen molar-refractivity contribution in [1.29, 1.82) is 0 Å². The molecule has 2 aromatic rings. The van der Waals surface area contributed by atoms with Crippen LogP contribution in [-0.4, -0.2) is 33.6 Å². The summed E-state index contributed by atoms with van der Waals surface area (Å²) in [5, 5.41) is 10.6. The van der Waals surface area contributed by atoms with E-state index in [1.807, 2.05) is 6.92 Å². The first-order valence-electron chi connectivity index (χ1n) is 7.98. The molecule has 1 amide bonds. The second-order valence-corrected chi connectivity index (χ2v) is 7.34. The molecule has 0 aliphatic carbocycles. The number of carbonyl (C=O) groups excluding carboxylic acids is 1. The van der Waals surface area contributed by atoms with E-state index in [-0.39, 0.29) is 17.2 Å². The number of benzene rings is 2. The monoisotopic (exact) mass is 420 g/mol. The molecule has 0 radical (unpaired) electrons. The quantitative estimate of drug-likeness (QED) is 0.679. The highest BCUT2D eigenvalue weighted by Gasteiger charge is 2.32. The summed E-state index contributed by atoms with van der Waals surface area (Å²) in [5.41, 5.74) is 0.913. The van der Waals surface area contributed by atoms with Crippen LogP contribution in [0.3, 0.4) is 0 Å². The molecule has 1 aliphatic rings. The van der Waals surface area contributed by atoms with Gasteiger partial charge < -0.3 is 5.11 Å². The van der Waals surface area contributed by atoms with Gasteiger partial charge in [-0.25, -0.2) is 9.79 Å². The number of nitrogens with zero attached hydrogens (tertiary/aromatic N) is 2. The highest BCUT2D eigenvalue weighted by molar-refractivity contribution is 8.18. The van der Waals surface area contributed by atoms with Crippen molar-refractivity contribution in [2.24, 2.45) is 4.99 Å². The number of aliphatic imine (C=N–C) groups is 1. The zero-order valence-electron chi connectivity index (χ0n) is 14.1. The second-order valence-electron chi connectivity index (χ2n) is 5.51. The van der Waals surface area contributed by atoms with Gasteiger partial charge in [0.1, 0.15) is 0 Å². The van der Waals surface area contributed by atoms with Gasteiger partial charge in [-0.3, -0.25) is 9.69 Å². The van der Waals surface area contributed by atoms with E-state index in [1.165, 1.54) is 11.0 Å². The average molecular weight is 421 g/mol. The molecule has 5 nitrogen and oxygen atoms in total. The third-order valence-electron chi connectivity index (χ3n) is 3.83. The van der Waals surface area contributed by atoms with Gasteiger partial charge in [-0.2, -0.15) is 0 Å². The Morgan fingerprint density at radius 1 is 1.19 bits per heavy atom. The number of thioether (sulfide) groups is 1. The number of para-hydroxylation sites is 1. The van der Waals surface area contributed by atoms with Crippen LogP contribution in [0.4, 0.5) is 5.69 Å². The highest BCUT2D eigenvalue weighted by Crippen LogP contribution is 2.37. The maximum atomic E-state index is 12.7. The largest absolute Gasteiger partial charge is 0.478 e. The first kappa shape index (κ1) is 19.5. The molecule has 0 bridgehead atoms. The lowest BCUT2D eigenvalue weighted by molar-refractivity contribution is -0.122. The second kappa shape index (κ2) is 8.17. The predicted molar refractivity (Wildman–Crippen MR) is 110 cm³/mol.